The fourth-order valence-corrected chi connectivity index (χ4v) is 1.93. The van der Waals surface area contributed by atoms with E-state index in [1.807, 2.05) is 13.8 Å². The minimum absolute atomic E-state index is 0.0274. The second-order valence-corrected chi connectivity index (χ2v) is 5.37. The molecule has 0 heterocycles. The Morgan fingerprint density at radius 3 is 2.47 bits per heavy atom. The van der Waals surface area contributed by atoms with Gasteiger partial charge in [-0.3, -0.25) is 20.2 Å². The quantitative estimate of drug-likeness (QED) is 0.603. The van der Waals surface area contributed by atoms with Crippen molar-refractivity contribution >= 4 is 27.7 Å². The van der Waals surface area contributed by atoms with Gasteiger partial charge in [-0.25, -0.2) is 0 Å². The number of hydrogen-bond acceptors (Lipinski definition) is 4. The van der Waals surface area contributed by atoms with E-state index >= 15 is 0 Å². The summed E-state index contributed by atoms with van der Waals surface area (Å²) in [4.78, 5) is 20.8. The van der Waals surface area contributed by atoms with Gasteiger partial charge in [-0.15, -0.1) is 0 Å². The van der Waals surface area contributed by atoms with Gasteiger partial charge in [0.25, 0.3) is 5.69 Å². The summed E-state index contributed by atoms with van der Waals surface area (Å²) in [6.45, 7) is 3.71. The molecule has 0 N–H and O–H groups in total. The van der Waals surface area contributed by atoms with Crippen molar-refractivity contribution in [3.05, 3.63) is 54.2 Å². The maximum Gasteiger partial charge on any atom is 0.277 e. The zero-order valence-corrected chi connectivity index (χ0v) is 12.1. The third-order valence-electron chi connectivity index (χ3n) is 2.36. The number of benzene rings is 1. The minimum atomic E-state index is -0.552. The summed E-state index contributed by atoms with van der Waals surface area (Å²) in [6.07, 6.45) is 1.53. The van der Waals surface area contributed by atoms with E-state index in [0.29, 0.717) is 4.47 Å². The van der Waals surface area contributed by atoms with Crippen LogP contribution in [0.25, 0.3) is 6.08 Å². The summed E-state index contributed by atoms with van der Waals surface area (Å²) in [5, 5.41) is 21.9. The van der Waals surface area contributed by atoms with E-state index in [1.165, 1.54) is 18.2 Å². The molecular weight excluding hydrogens is 316 g/mol. The highest BCUT2D eigenvalue weighted by Crippen LogP contribution is 2.26. The largest absolute Gasteiger partial charge is 0.277 e. The van der Waals surface area contributed by atoms with Crippen molar-refractivity contribution in [2.75, 3.05) is 0 Å². The molecule has 1 rings (SSSR count). The van der Waals surface area contributed by atoms with E-state index in [2.05, 4.69) is 15.9 Å². The maximum absolute atomic E-state index is 10.9. The summed E-state index contributed by atoms with van der Waals surface area (Å²) in [5.41, 5.74) is 0.0541. The summed E-state index contributed by atoms with van der Waals surface area (Å²) in [7, 11) is 0. The van der Waals surface area contributed by atoms with Gasteiger partial charge >= 0.3 is 0 Å². The maximum atomic E-state index is 10.9. The van der Waals surface area contributed by atoms with Gasteiger partial charge in [-0.05, 0) is 18.1 Å². The van der Waals surface area contributed by atoms with Gasteiger partial charge in [-0.1, -0.05) is 29.8 Å². The number of allylic oxidation sites excluding steroid dienone is 1. The fourth-order valence-electron chi connectivity index (χ4n) is 1.58. The van der Waals surface area contributed by atoms with E-state index in [1.54, 1.807) is 6.07 Å². The zero-order valence-electron chi connectivity index (χ0n) is 10.5. The Bertz CT molecular complexity index is 541. The minimum Gasteiger partial charge on any atom is -0.259 e. The second-order valence-electron chi connectivity index (χ2n) is 4.45. The lowest BCUT2D eigenvalue weighted by atomic mass is 10.1. The first kappa shape index (κ1) is 15.3. The first-order valence-corrected chi connectivity index (χ1v) is 6.39. The molecule has 0 aliphatic heterocycles. The van der Waals surface area contributed by atoms with E-state index < -0.39 is 9.85 Å². The first-order chi connectivity index (χ1) is 8.81. The highest BCUT2D eigenvalue weighted by atomic mass is 79.9. The van der Waals surface area contributed by atoms with Gasteiger partial charge in [0, 0.05) is 23.0 Å². The van der Waals surface area contributed by atoms with Crippen LogP contribution < -0.4 is 0 Å². The Morgan fingerprint density at radius 1 is 1.37 bits per heavy atom. The highest BCUT2D eigenvalue weighted by molar-refractivity contribution is 9.10. The van der Waals surface area contributed by atoms with Crippen molar-refractivity contribution in [3.63, 3.8) is 0 Å². The SMILES string of the molecule is CC(C)C/C(=C/c1ccc(Br)cc1[N+](=O)[O-])[N+](=O)[O-]. The number of nitrogens with zero attached hydrogens (tertiary/aromatic N) is 2. The van der Waals surface area contributed by atoms with Crippen molar-refractivity contribution < 1.29 is 9.85 Å². The number of nitro groups is 2. The predicted octanol–water partition coefficient (Wildman–Crippen LogP) is 4.02. The first-order valence-electron chi connectivity index (χ1n) is 5.60. The Morgan fingerprint density at radius 2 is 2.00 bits per heavy atom. The Hall–Kier alpha value is -1.76. The molecule has 1 aromatic carbocycles. The van der Waals surface area contributed by atoms with Crippen molar-refractivity contribution in [2.45, 2.75) is 20.3 Å². The normalized spacial score (nSPS) is 11.7. The second kappa shape index (κ2) is 6.42. The van der Waals surface area contributed by atoms with Crippen LogP contribution in [-0.2, 0) is 0 Å². The molecule has 0 aliphatic carbocycles. The topological polar surface area (TPSA) is 86.3 Å². The van der Waals surface area contributed by atoms with Crippen LogP contribution in [0.1, 0.15) is 25.8 Å². The van der Waals surface area contributed by atoms with Gasteiger partial charge in [-0.2, -0.15) is 0 Å². The van der Waals surface area contributed by atoms with E-state index in [0.717, 1.165) is 0 Å². The summed E-state index contributed by atoms with van der Waals surface area (Å²) in [6, 6.07) is 4.44. The molecule has 0 radical (unpaired) electrons. The van der Waals surface area contributed by atoms with Gasteiger partial charge in [0.15, 0.2) is 0 Å². The van der Waals surface area contributed by atoms with Crippen LogP contribution >= 0.6 is 15.9 Å². The van der Waals surface area contributed by atoms with Crippen molar-refractivity contribution in [2.24, 2.45) is 5.92 Å². The van der Waals surface area contributed by atoms with Crippen molar-refractivity contribution in [1.29, 1.82) is 0 Å². The Balaban J connectivity index is 3.27. The Labute approximate surface area is 118 Å². The van der Waals surface area contributed by atoms with Crippen LogP contribution in [0.5, 0.6) is 0 Å². The van der Waals surface area contributed by atoms with Crippen LogP contribution in [0.2, 0.25) is 0 Å². The summed E-state index contributed by atoms with van der Waals surface area (Å²) < 4.78 is 0.558. The lowest BCUT2D eigenvalue weighted by Crippen LogP contribution is -2.03. The van der Waals surface area contributed by atoms with Crippen molar-refractivity contribution in [1.82, 2.24) is 0 Å². The fraction of sp³-hybridized carbons (Fsp3) is 0.333. The van der Waals surface area contributed by atoms with Crippen LogP contribution in [0, 0.1) is 26.1 Å². The molecule has 0 amide bonds. The molecule has 0 aromatic heterocycles. The molecular formula is C12H13BrN2O4. The molecule has 6 nitrogen and oxygen atoms in total. The summed E-state index contributed by atoms with van der Waals surface area (Å²) >= 11 is 3.14. The molecule has 0 spiro atoms. The number of rotatable bonds is 5. The number of halogens is 1. The predicted molar refractivity (Wildman–Crippen MR) is 75.2 cm³/mol. The van der Waals surface area contributed by atoms with Gasteiger partial charge in [0.05, 0.1) is 15.4 Å². The smallest absolute Gasteiger partial charge is 0.259 e. The van der Waals surface area contributed by atoms with E-state index in [9.17, 15) is 20.2 Å². The van der Waals surface area contributed by atoms with Gasteiger partial charge in [0.2, 0.25) is 5.70 Å². The van der Waals surface area contributed by atoms with Crippen LogP contribution in [0.3, 0.4) is 0 Å². The van der Waals surface area contributed by atoms with Crippen LogP contribution in [0.15, 0.2) is 28.4 Å². The molecule has 19 heavy (non-hydrogen) atoms. The average molecular weight is 329 g/mol. The van der Waals surface area contributed by atoms with Crippen LogP contribution in [0.4, 0.5) is 5.69 Å². The van der Waals surface area contributed by atoms with Gasteiger partial charge in [0.1, 0.15) is 0 Å². The molecule has 0 aliphatic rings. The third kappa shape index (κ3) is 4.44. The zero-order chi connectivity index (χ0) is 14.6. The molecule has 0 saturated carbocycles. The number of hydrogen-bond donors (Lipinski definition) is 0. The molecule has 7 heteroatoms. The standard InChI is InChI=1S/C12H13BrN2O4/c1-8(2)5-11(14(16)17)6-9-3-4-10(13)7-12(9)15(18)19/h3-4,6-8H,5H2,1-2H3/b11-6-. The molecule has 0 fully saturated rings. The lowest BCUT2D eigenvalue weighted by Gasteiger charge is -2.03. The molecule has 0 atom stereocenters. The third-order valence-corrected chi connectivity index (χ3v) is 2.86. The average Bonchev–Trinajstić information content (AvgIpc) is 2.29. The lowest BCUT2D eigenvalue weighted by molar-refractivity contribution is -0.427. The monoisotopic (exact) mass is 328 g/mol. The highest BCUT2D eigenvalue weighted by Gasteiger charge is 2.18. The molecule has 0 bridgehead atoms. The number of nitro benzene ring substituents is 1. The molecule has 102 valence electrons. The van der Waals surface area contributed by atoms with Gasteiger partial charge < -0.3 is 0 Å². The summed E-state index contributed by atoms with van der Waals surface area (Å²) in [5.74, 6) is 0.103. The Kier molecular flexibility index (Phi) is 5.17. The molecule has 0 unspecified atom stereocenters. The molecule has 0 saturated heterocycles. The van der Waals surface area contributed by atoms with E-state index in [4.69, 9.17) is 0 Å². The van der Waals surface area contributed by atoms with Crippen LogP contribution in [-0.4, -0.2) is 9.85 Å². The van der Waals surface area contributed by atoms with E-state index in [-0.39, 0.29) is 29.3 Å². The van der Waals surface area contributed by atoms with Crippen molar-refractivity contribution in [3.8, 4) is 0 Å². The molecule has 1 aromatic rings.